The molecule has 1 amide bonds. The van der Waals surface area contributed by atoms with Gasteiger partial charge in [-0.25, -0.2) is 0 Å². The SMILES string of the molecule is O=C(Cn1cc(Br)cn1)Nc1cccc(Cl)c1. The molecule has 1 heterocycles. The van der Waals surface area contributed by atoms with Crippen molar-refractivity contribution in [2.24, 2.45) is 0 Å². The van der Waals surface area contributed by atoms with Crippen molar-refractivity contribution in [1.82, 2.24) is 9.78 Å². The molecule has 0 saturated heterocycles. The molecule has 0 radical (unpaired) electrons. The molecule has 0 unspecified atom stereocenters. The minimum Gasteiger partial charge on any atom is -0.324 e. The van der Waals surface area contributed by atoms with Crippen LogP contribution in [0.1, 0.15) is 0 Å². The maximum Gasteiger partial charge on any atom is 0.246 e. The molecule has 0 saturated carbocycles. The molecule has 6 heteroatoms. The summed E-state index contributed by atoms with van der Waals surface area (Å²) >= 11 is 9.08. The van der Waals surface area contributed by atoms with Gasteiger partial charge in [0.25, 0.3) is 0 Å². The Kier molecular flexibility index (Phi) is 3.81. The lowest BCUT2D eigenvalue weighted by Crippen LogP contribution is -2.18. The molecule has 88 valence electrons. The molecule has 0 spiro atoms. The number of hydrogen-bond donors (Lipinski definition) is 1. The van der Waals surface area contributed by atoms with E-state index >= 15 is 0 Å². The Morgan fingerprint density at radius 3 is 3.00 bits per heavy atom. The van der Waals surface area contributed by atoms with Gasteiger partial charge in [0.2, 0.25) is 5.91 Å². The van der Waals surface area contributed by atoms with Crippen LogP contribution in [-0.2, 0) is 11.3 Å². The molecular formula is C11H9BrClN3O. The molecule has 0 atom stereocenters. The van der Waals surface area contributed by atoms with Crippen molar-refractivity contribution < 1.29 is 4.79 Å². The van der Waals surface area contributed by atoms with E-state index in [1.54, 1.807) is 41.3 Å². The minimum absolute atomic E-state index is 0.150. The number of carbonyl (C=O) groups is 1. The second-order valence-corrected chi connectivity index (χ2v) is 4.77. The highest BCUT2D eigenvalue weighted by atomic mass is 79.9. The molecule has 0 aliphatic rings. The maximum atomic E-state index is 11.7. The van der Waals surface area contributed by atoms with Gasteiger partial charge in [-0.05, 0) is 34.1 Å². The lowest BCUT2D eigenvalue weighted by molar-refractivity contribution is -0.116. The van der Waals surface area contributed by atoms with E-state index in [-0.39, 0.29) is 12.5 Å². The molecule has 1 aromatic carbocycles. The van der Waals surface area contributed by atoms with Gasteiger partial charge >= 0.3 is 0 Å². The standard InChI is InChI=1S/C11H9BrClN3O/c12-8-5-14-16(6-8)7-11(17)15-10-3-1-2-9(13)4-10/h1-6H,7H2,(H,15,17). The summed E-state index contributed by atoms with van der Waals surface area (Å²) in [5.74, 6) is -0.150. The fourth-order valence-corrected chi connectivity index (χ4v) is 1.86. The van der Waals surface area contributed by atoms with Gasteiger partial charge in [-0.1, -0.05) is 17.7 Å². The Balaban J connectivity index is 1.98. The third kappa shape index (κ3) is 3.57. The Hall–Kier alpha value is -1.33. The number of carbonyl (C=O) groups excluding carboxylic acids is 1. The van der Waals surface area contributed by atoms with Gasteiger partial charge in [0.15, 0.2) is 0 Å². The van der Waals surface area contributed by atoms with Gasteiger partial charge in [-0.15, -0.1) is 0 Å². The first kappa shape index (κ1) is 12.1. The van der Waals surface area contributed by atoms with Crippen LogP contribution < -0.4 is 5.32 Å². The summed E-state index contributed by atoms with van der Waals surface area (Å²) in [5, 5.41) is 7.33. The van der Waals surface area contributed by atoms with Crippen molar-refractivity contribution in [3.8, 4) is 0 Å². The normalized spacial score (nSPS) is 10.2. The topological polar surface area (TPSA) is 46.9 Å². The van der Waals surface area contributed by atoms with Crippen molar-refractivity contribution >= 4 is 39.1 Å². The molecule has 0 aliphatic heterocycles. The molecule has 1 aromatic heterocycles. The van der Waals surface area contributed by atoms with Crippen LogP contribution in [0.3, 0.4) is 0 Å². The summed E-state index contributed by atoms with van der Waals surface area (Å²) in [6, 6.07) is 7.01. The maximum absolute atomic E-state index is 11.7. The summed E-state index contributed by atoms with van der Waals surface area (Å²) in [5.41, 5.74) is 0.675. The second-order valence-electron chi connectivity index (χ2n) is 3.41. The number of nitrogens with zero attached hydrogens (tertiary/aromatic N) is 2. The first-order chi connectivity index (χ1) is 8.13. The highest BCUT2D eigenvalue weighted by Gasteiger charge is 2.04. The second kappa shape index (κ2) is 5.33. The molecule has 2 aromatic rings. The summed E-state index contributed by atoms with van der Waals surface area (Å²) in [6.45, 7) is 0.165. The quantitative estimate of drug-likeness (QED) is 0.947. The van der Waals surface area contributed by atoms with Crippen LogP contribution in [0.2, 0.25) is 5.02 Å². The van der Waals surface area contributed by atoms with Crippen LogP contribution in [0, 0.1) is 0 Å². The predicted octanol–water partition coefficient (Wildman–Crippen LogP) is 2.94. The van der Waals surface area contributed by atoms with E-state index in [1.165, 1.54) is 0 Å². The molecule has 0 fully saturated rings. The Bertz CT molecular complexity index is 541. The molecule has 2 rings (SSSR count). The number of amides is 1. The van der Waals surface area contributed by atoms with Crippen LogP contribution in [-0.4, -0.2) is 15.7 Å². The number of rotatable bonds is 3. The third-order valence-electron chi connectivity index (χ3n) is 2.02. The van der Waals surface area contributed by atoms with Crippen molar-refractivity contribution in [2.75, 3.05) is 5.32 Å². The van der Waals surface area contributed by atoms with E-state index < -0.39 is 0 Å². The van der Waals surface area contributed by atoms with E-state index in [2.05, 4.69) is 26.3 Å². The molecule has 0 bridgehead atoms. The number of aromatic nitrogens is 2. The summed E-state index contributed by atoms with van der Waals surface area (Å²) in [4.78, 5) is 11.7. The van der Waals surface area contributed by atoms with Crippen molar-refractivity contribution in [3.05, 3.63) is 46.2 Å². The van der Waals surface area contributed by atoms with E-state index in [4.69, 9.17) is 11.6 Å². The zero-order valence-corrected chi connectivity index (χ0v) is 11.1. The van der Waals surface area contributed by atoms with Crippen LogP contribution in [0.15, 0.2) is 41.1 Å². The molecular weight excluding hydrogens is 305 g/mol. The average molecular weight is 315 g/mol. The molecule has 0 aliphatic carbocycles. The summed E-state index contributed by atoms with van der Waals surface area (Å²) in [7, 11) is 0. The highest BCUT2D eigenvalue weighted by molar-refractivity contribution is 9.10. The van der Waals surface area contributed by atoms with Gasteiger partial charge in [0.05, 0.1) is 10.7 Å². The third-order valence-corrected chi connectivity index (χ3v) is 2.66. The van der Waals surface area contributed by atoms with E-state index in [0.29, 0.717) is 10.7 Å². The Morgan fingerprint density at radius 1 is 1.53 bits per heavy atom. The van der Waals surface area contributed by atoms with Gasteiger partial charge in [0.1, 0.15) is 6.54 Å². The first-order valence-electron chi connectivity index (χ1n) is 4.87. The minimum atomic E-state index is -0.150. The van der Waals surface area contributed by atoms with Crippen LogP contribution in [0.4, 0.5) is 5.69 Å². The first-order valence-corrected chi connectivity index (χ1v) is 6.04. The van der Waals surface area contributed by atoms with Crippen LogP contribution in [0.5, 0.6) is 0 Å². The molecule has 17 heavy (non-hydrogen) atoms. The highest BCUT2D eigenvalue weighted by Crippen LogP contribution is 2.14. The van der Waals surface area contributed by atoms with Crippen LogP contribution >= 0.6 is 27.5 Å². The number of halogens is 2. The fourth-order valence-electron chi connectivity index (χ4n) is 1.34. The smallest absolute Gasteiger partial charge is 0.246 e. The number of hydrogen-bond acceptors (Lipinski definition) is 2. The lowest BCUT2D eigenvalue weighted by atomic mass is 10.3. The van der Waals surface area contributed by atoms with Gasteiger partial charge < -0.3 is 5.32 Å². The van der Waals surface area contributed by atoms with Crippen molar-refractivity contribution in [1.29, 1.82) is 0 Å². The summed E-state index contributed by atoms with van der Waals surface area (Å²) < 4.78 is 2.39. The summed E-state index contributed by atoms with van der Waals surface area (Å²) in [6.07, 6.45) is 3.37. The lowest BCUT2D eigenvalue weighted by Gasteiger charge is -2.05. The monoisotopic (exact) mass is 313 g/mol. The van der Waals surface area contributed by atoms with Crippen LogP contribution in [0.25, 0.3) is 0 Å². The molecule has 4 nitrogen and oxygen atoms in total. The fraction of sp³-hybridized carbons (Fsp3) is 0.0909. The Morgan fingerprint density at radius 2 is 2.35 bits per heavy atom. The Labute approximate surface area is 112 Å². The van der Waals surface area contributed by atoms with E-state index in [9.17, 15) is 4.79 Å². The van der Waals surface area contributed by atoms with Crippen molar-refractivity contribution in [3.63, 3.8) is 0 Å². The molecule has 1 N–H and O–H groups in total. The predicted molar refractivity (Wildman–Crippen MR) is 70.0 cm³/mol. The van der Waals surface area contributed by atoms with E-state index in [0.717, 1.165) is 4.47 Å². The van der Waals surface area contributed by atoms with E-state index in [1.807, 2.05) is 0 Å². The van der Waals surface area contributed by atoms with Crippen molar-refractivity contribution in [2.45, 2.75) is 6.54 Å². The largest absolute Gasteiger partial charge is 0.324 e. The number of nitrogens with one attached hydrogen (secondary N) is 1. The average Bonchev–Trinajstić information content (AvgIpc) is 2.63. The zero-order valence-electron chi connectivity index (χ0n) is 8.73. The van der Waals surface area contributed by atoms with Gasteiger partial charge in [-0.2, -0.15) is 5.10 Å². The van der Waals surface area contributed by atoms with Gasteiger partial charge in [0, 0.05) is 16.9 Å². The zero-order chi connectivity index (χ0) is 12.3. The number of benzene rings is 1. The van der Waals surface area contributed by atoms with Gasteiger partial charge in [-0.3, -0.25) is 9.48 Å². The number of anilines is 1.